The molecule has 2 aromatic carbocycles. The van der Waals surface area contributed by atoms with Crippen LogP contribution < -0.4 is 9.91 Å². The summed E-state index contributed by atoms with van der Waals surface area (Å²) in [6, 6.07) is 17.5. The molecule has 2 aliphatic rings. The van der Waals surface area contributed by atoms with Gasteiger partial charge in [-0.2, -0.15) is 10.1 Å². The van der Waals surface area contributed by atoms with Gasteiger partial charge >= 0.3 is 6.09 Å². The number of para-hydroxylation sites is 1. The van der Waals surface area contributed by atoms with Crippen LogP contribution in [-0.4, -0.2) is 55.9 Å². The highest BCUT2D eigenvalue weighted by Crippen LogP contribution is 2.25. The van der Waals surface area contributed by atoms with Gasteiger partial charge in [-0.3, -0.25) is 4.79 Å². The van der Waals surface area contributed by atoms with Gasteiger partial charge in [-0.25, -0.2) is 4.79 Å². The van der Waals surface area contributed by atoms with Crippen molar-refractivity contribution in [1.82, 2.24) is 4.90 Å². The van der Waals surface area contributed by atoms with Crippen molar-refractivity contribution in [1.29, 1.82) is 0 Å². The van der Waals surface area contributed by atoms with Crippen LogP contribution in [0.15, 0.2) is 65.3 Å². The lowest BCUT2D eigenvalue weighted by atomic mass is 10.1. The topological polar surface area (TPSA) is 65.5 Å². The predicted octanol–water partition coefficient (Wildman–Crippen LogP) is 3.38. The Bertz CT molecular complexity index is 991. The molecule has 2 heterocycles. The molecule has 0 spiro atoms. The Balaban J connectivity index is 1.45. The van der Waals surface area contributed by atoms with Crippen LogP contribution in [0, 0.1) is 0 Å². The van der Waals surface area contributed by atoms with E-state index in [4.69, 9.17) is 4.74 Å². The summed E-state index contributed by atoms with van der Waals surface area (Å²) >= 11 is 0. The number of carbonyl (C=O) groups is 2. The molecule has 154 valence electrons. The number of methoxy groups -OCH3 is 1. The van der Waals surface area contributed by atoms with Gasteiger partial charge in [0.2, 0.25) is 0 Å². The average Bonchev–Trinajstić information content (AvgIpc) is 3.08. The summed E-state index contributed by atoms with van der Waals surface area (Å²) in [7, 11) is 1.41. The first-order valence-corrected chi connectivity index (χ1v) is 9.91. The minimum Gasteiger partial charge on any atom is -0.453 e. The second kappa shape index (κ2) is 8.41. The standard InChI is InChI=1S/C23H24N4O3/c1-17-21(22(28)27(24-17)20-6-4-3-5-7-20)16-18-8-10-19(11-9-18)25-12-14-26(15-13-25)23(29)30-2/h3-11,16H,12-15H2,1-2H3/b21-16-. The maximum atomic E-state index is 12.8. The Labute approximate surface area is 175 Å². The van der Waals surface area contributed by atoms with Gasteiger partial charge < -0.3 is 14.5 Å². The van der Waals surface area contributed by atoms with Crippen LogP contribution in [0.2, 0.25) is 0 Å². The third-order valence-corrected chi connectivity index (χ3v) is 5.35. The molecule has 7 nitrogen and oxygen atoms in total. The maximum absolute atomic E-state index is 12.8. The molecule has 2 amide bonds. The fourth-order valence-electron chi connectivity index (χ4n) is 3.65. The van der Waals surface area contributed by atoms with E-state index < -0.39 is 0 Å². The van der Waals surface area contributed by atoms with Crippen molar-refractivity contribution in [2.24, 2.45) is 5.10 Å². The lowest BCUT2D eigenvalue weighted by molar-refractivity contribution is -0.114. The quantitative estimate of drug-likeness (QED) is 0.736. The number of carbonyl (C=O) groups excluding carboxylic acids is 2. The first-order valence-electron chi connectivity index (χ1n) is 9.91. The number of amides is 2. The molecule has 0 bridgehead atoms. The summed E-state index contributed by atoms with van der Waals surface area (Å²) in [4.78, 5) is 28.4. The lowest BCUT2D eigenvalue weighted by Gasteiger charge is -2.35. The number of benzene rings is 2. The molecule has 0 N–H and O–H groups in total. The third kappa shape index (κ3) is 3.91. The van der Waals surface area contributed by atoms with Crippen LogP contribution in [0.1, 0.15) is 12.5 Å². The highest BCUT2D eigenvalue weighted by atomic mass is 16.5. The van der Waals surface area contributed by atoms with E-state index in [-0.39, 0.29) is 12.0 Å². The van der Waals surface area contributed by atoms with E-state index in [2.05, 4.69) is 10.0 Å². The number of hydrazone groups is 1. The van der Waals surface area contributed by atoms with Crippen molar-refractivity contribution in [2.45, 2.75) is 6.92 Å². The minimum absolute atomic E-state index is 0.123. The first kappa shape index (κ1) is 19.7. The van der Waals surface area contributed by atoms with Gasteiger partial charge in [-0.05, 0) is 42.8 Å². The normalized spacial score (nSPS) is 18.1. The highest BCUT2D eigenvalue weighted by Gasteiger charge is 2.28. The van der Waals surface area contributed by atoms with Crippen LogP contribution >= 0.6 is 0 Å². The third-order valence-electron chi connectivity index (χ3n) is 5.35. The summed E-state index contributed by atoms with van der Waals surface area (Å²) in [5, 5.41) is 5.86. The number of nitrogens with zero attached hydrogens (tertiary/aromatic N) is 4. The van der Waals surface area contributed by atoms with Gasteiger partial charge in [0, 0.05) is 31.9 Å². The molecule has 2 aromatic rings. The summed E-state index contributed by atoms with van der Waals surface area (Å²) < 4.78 is 4.78. The van der Waals surface area contributed by atoms with E-state index in [1.807, 2.05) is 67.6 Å². The molecule has 2 aliphatic heterocycles. The van der Waals surface area contributed by atoms with E-state index in [1.54, 1.807) is 4.90 Å². The second-order valence-electron chi connectivity index (χ2n) is 7.23. The molecule has 1 saturated heterocycles. The Morgan fingerprint density at radius 1 is 0.967 bits per heavy atom. The van der Waals surface area contributed by atoms with Gasteiger partial charge in [-0.15, -0.1) is 0 Å². The molecule has 4 rings (SSSR count). The molecule has 0 radical (unpaired) electrons. The smallest absolute Gasteiger partial charge is 0.409 e. The van der Waals surface area contributed by atoms with E-state index in [0.717, 1.165) is 30.0 Å². The van der Waals surface area contributed by atoms with Gasteiger partial charge in [0.15, 0.2) is 0 Å². The highest BCUT2D eigenvalue weighted by molar-refractivity contribution is 6.32. The lowest BCUT2D eigenvalue weighted by Crippen LogP contribution is -2.48. The largest absolute Gasteiger partial charge is 0.453 e. The Morgan fingerprint density at radius 3 is 2.27 bits per heavy atom. The zero-order valence-corrected chi connectivity index (χ0v) is 17.1. The molecular weight excluding hydrogens is 380 g/mol. The molecule has 7 heteroatoms. The number of ether oxygens (including phenoxy) is 1. The predicted molar refractivity (Wildman–Crippen MR) is 118 cm³/mol. The second-order valence-corrected chi connectivity index (χ2v) is 7.23. The molecule has 0 aliphatic carbocycles. The van der Waals surface area contributed by atoms with E-state index in [1.165, 1.54) is 12.1 Å². The van der Waals surface area contributed by atoms with Crippen molar-refractivity contribution in [2.75, 3.05) is 43.2 Å². The molecule has 30 heavy (non-hydrogen) atoms. The Morgan fingerprint density at radius 2 is 1.63 bits per heavy atom. The van der Waals surface area contributed by atoms with Crippen LogP contribution in [0.25, 0.3) is 6.08 Å². The van der Waals surface area contributed by atoms with Crippen LogP contribution in [0.4, 0.5) is 16.2 Å². The van der Waals surface area contributed by atoms with E-state index in [9.17, 15) is 9.59 Å². The summed E-state index contributed by atoms with van der Waals surface area (Å²) in [6.07, 6.45) is 1.60. The molecule has 0 atom stereocenters. The molecule has 0 saturated carbocycles. The molecule has 0 aromatic heterocycles. The fraction of sp³-hybridized carbons (Fsp3) is 0.261. The van der Waals surface area contributed by atoms with Crippen LogP contribution in [0.5, 0.6) is 0 Å². The summed E-state index contributed by atoms with van der Waals surface area (Å²) in [5.74, 6) is -0.123. The zero-order chi connectivity index (χ0) is 21.1. The Hall–Kier alpha value is -3.61. The van der Waals surface area contributed by atoms with Gasteiger partial charge in [-0.1, -0.05) is 30.3 Å². The molecule has 1 fully saturated rings. The van der Waals surface area contributed by atoms with Gasteiger partial charge in [0.05, 0.1) is 24.1 Å². The van der Waals surface area contributed by atoms with Crippen LogP contribution in [0.3, 0.4) is 0 Å². The fourth-order valence-corrected chi connectivity index (χ4v) is 3.65. The van der Waals surface area contributed by atoms with Crippen LogP contribution in [-0.2, 0) is 9.53 Å². The monoisotopic (exact) mass is 404 g/mol. The van der Waals surface area contributed by atoms with Crippen molar-refractivity contribution in [3.63, 3.8) is 0 Å². The number of anilines is 2. The van der Waals surface area contributed by atoms with Gasteiger partial charge in [0.25, 0.3) is 5.91 Å². The number of rotatable bonds is 3. The van der Waals surface area contributed by atoms with Gasteiger partial charge in [0.1, 0.15) is 0 Å². The minimum atomic E-state index is -0.278. The van der Waals surface area contributed by atoms with Crippen molar-refractivity contribution >= 4 is 35.2 Å². The number of hydrogen-bond donors (Lipinski definition) is 0. The molecule has 0 unspecified atom stereocenters. The number of piperazine rings is 1. The van der Waals surface area contributed by atoms with E-state index >= 15 is 0 Å². The van der Waals surface area contributed by atoms with Crippen molar-refractivity contribution in [3.8, 4) is 0 Å². The summed E-state index contributed by atoms with van der Waals surface area (Å²) in [6.45, 7) is 4.63. The Kier molecular flexibility index (Phi) is 5.52. The van der Waals surface area contributed by atoms with E-state index in [0.29, 0.717) is 24.4 Å². The van der Waals surface area contributed by atoms with Crippen molar-refractivity contribution < 1.29 is 14.3 Å². The van der Waals surface area contributed by atoms with Crippen molar-refractivity contribution in [3.05, 3.63) is 65.7 Å². The number of hydrogen-bond acceptors (Lipinski definition) is 5. The summed E-state index contributed by atoms with van der Waals surface area (Å²) in [5.41, 5.74) is 4.09. The zero-order valence-electron chi connectivity index (χ0n) is 17.1. The molecular formula is C23H24N4O3. The first-order chi connectivity index (χ1) is 14.6. The maximum Gasteiger partial charge on any atom is 0.409 e. The SMILES string of the molecule is COC(=O)N1CCN(c2ccc(/C=C3\C(=O)N(c4ccccc4)N=C3C)cc2)CC1. The average molecular weight is 404 g/mol.